The van der Waals surface area contributed by atoms with E-state index in [2.05, 4.69) is 24.4 Å². The van der Waals surface area contributed by atoms with Crippen LogP contribution < -0.4 is 5.32 Å². The van der Waals surface area contributed by atoms with Crippen molar-refractivity contribution in [2.45, 2.75) is 19.8 Å². The summed E-state index contributed by atoms with van der Waals surface area (Å²) in [5, 5.41) is 5.56. The highest BCUT2D eigenvalue weighted by atomic mass is 16.1. The van der Waals surface area contributed by atoms with Crippen LogP contribution in [0.1, 0.15) is 30.1 Å². The van der Waals surface area contributed by atoms with Gasteiger partial charge in [0.1, 0.15) is 0 Å². The van der Waals surface area contributed by atoms with Crippen LogP contribution in [0.25, 0.3) is 10.8 Å². The topological polar surface area (TPSA) is 29.1 Å². The first-order valence-corrected chi connectivity index (χ1v) is 6.94. The maximum Gasteiger partial charge on any atom is 0.170 e. The third kappa shape index (κ3) is 2.17. The molecule has 0 amide bonds. The standard InChI is InChI=1S/C17H19NO/c1-17(10-5-11-18-12-17)16(19)15-9-4-7-13-6-2-3-8-14(13)15/h2-4,6-9,18H,5,10-12H2,1H3. The molecular weight excluding hydrogens is 234 g/mol. The first kappa shape index (κ1) is 12.4. The molecule has 19 heavy (non-hydrogen) atoms. The number of hydrogen-bond donors (Lipinski definition) is 1. The Morgan fingerprint density at radius 1 is 1.16 bits per heavy atom. The summed E-state index contributed by atoms with van der Waals surface area (Å²) in [7, 11) is 0. The van der Waals surface area contributed by atoms with Crippen molar-refractivity contribution in [3.05, 3.63) is 48.0 Å². The molecule has 3 rings (SSSR count). The molecule has 1 aliphatic rings. The first-order valence-electron chi connectivity index (χ1n) is 6.94. The largest absolute Gasteiger partial charge is 0.316 e. The van der Waals surface area contributed by atoms with Crippen LogP contribution >= 0.6 is 0 Å². The highest BCUT2D eigenvalue weighted by Gasteiger charge is 2.35. The summed E-state index contributed by atoms with van der Waals surface area (Å²) in [5.41, 5.74) is 0.604. The summed E-state index contributed by atoms with van der Waals surface area (Å²) in [6.45, 7) is 3.90. The molecule has 0 bridgehead atoms. The first-order chi connectivity index (χ1) is 9.21. The minimum Gasteiger partial charge on any atom is -0.316 e. The van der Waals surface area contributed by atoms with Crippen molar-refractivity contribution >= 4 is 16.6 Å². The molecule has 0 saturated carbocycles. The van der Waals surface area contributed by atoms with Crippen LogP contribution in [0, 0.1) is 5.41 Å². The fourth-order valence-electron chi connectivity index (χ4n) is 3.00. The van der Waals surface area contributed by atoms with Gasteiger partial charge in [-0.05, 0) is 30.2 Å². The number of nitrogens with one attached hydrogen (secondary N) is 1. The van der Waals surface area contributed by atoms with E-state index in [1.165, 1.54) is 0 Å². The van der Waals surface area contributed by atoms with Crippen molar-refractivity contribution in [2.24, 2.45) is 5.41 Å². The lowest BCUT2D eigenvalue weighted by Gasteiger charge is -2.33. The van der Waals surface area contributed by atoms with E-state index in [-0.39, 0.29) is 11.2 Å². The molecule has 2 heteroatoms. The van der Waals surface area contributed by atoms with Gasteiger partial charge in [-0.2, -0.15) is 0 Å². The van der Waals surface area contributed by atoms with E-state index in [1.54, 1.807) is 0 Å². The van der Waals surface area contributed by atoms with Gasteiger partial charge in [0.15, 0.2) is 5.78 Å². The molecule has 0 aliphatic carbocycles. The average molecular weight is 253 g/mol. The van der Waals surface area contributed by atoms with Crippen molar-refractivity contribution in [3.8, 4) is 0 Å². The molecule has 2 aromatic carbocycles. The molecule has 1 N–H and O–H groups in total. The molecule has 1 aliphatic heterocycles. The number of fused-ring (bicyclic) bond motifs is 1. The van der Waals surface area contributed by atoms with E-state index in [1.807, 2.05) is 30.3 Å². The lowest BCUT2D eigenvalue weighted by Crippen LogP contribution is -2.43. The number of piperidine rings is 1. The summed E-state index contributed by atoms with van der Waals surface area (Å²) in [4.78, 5) is 12.9. The summed E-state index contributed by atoms with van der Waals surface area (Å²) < 4.78 is 0. The molecule has 1 unspecified atom stereocenters. The quantitative estimate of drug-likeness (QED) is 0.831. The molecule has 1 fully saturated rings. The van der Waals surface area contributed by atoms with Crippen molar-refractivity contribution in [3.63, 3.8) is 0 Å². The van der Waals surface area contributed by atoms with Crippen molar-refractivity contribution in [2.75, 3.05) is 13.1 Å². The van der Waals surface area contributed by atoms with Crippen LogP contribution in [-0.2, 0) is 0 Å². The van der Waals surface area contributed by atoms with Gasteiger partial charge in [0.05, 0.1) is 0 Å². The van der Waals surface area contributed by atoms with E-state index >= 15 is 0 Å². The van der Waals surface area contributed by atoms with Gasteiger partial charge < -0.3 is 5.32 Å². The van der Waals surface area contributed by atoms with E-state index in [9.17, 15) is 4.79 Å². The number of benzene rings is 2. The zero-order chi connectivity index (χ0) is 13.3. The summed E-state index contributed by atoms with van der Waals surface area (Å²) >= 11 is 0. The van der Waals surface area contributed by atoms with Gasteiger partial charge in [-0.25, -0.2) is 0 Å². The number of rotatable bonds is 2. The summed E-state index contributed by atoms with van der Waals surface area (Å²) in [5.74, 6) is 0.275. The SMILES string of the molecule is CC1(C(=O)c2cccc3ccccc23)CCCNC1. The minimum absolute atomic E-state index is 0.262. The van der Waals surface area contributed by atoms with E-state index < -0.39 is 0 Å². The maximum atomic E-state index is 12.9. The Balaban J connectivity index is 2.06. The molecular formula is C17H19NO. The second-order valence-corrected chi connectivity index (χ2v) is 5.70. The van der Waals surface area contributed by atoms with Crippen LogP contribution in [0.5, 0.6) is 0 Å². The Labute approximate surface area is 113 Å². The van der Waals surface area contributed by atoms with Crippen LogP contribution in [0.3, 0.4) is 0 Å². The van der Waals surface area contributed by atoms with Crippen LogP contribution in [0.2, 0.25) is 0 Å². The second kappa shape index (κ2) is 4.78. The van der Waals surface area contributed by atoms with Crippen molar-refractivity contribution < 1.29 is 4.79 Å². The highest BCUT2D eigenvalue weighted by Crippen LogP contribution is 2.32. The van der Waals surface area contributed by atoms with Gasteiger partial charge in [0.25, 0.3) is 0 Å². The van der Waals surface area contributed by atoms with Gasteiger partial charge in [0, 0.05) is 17.5 Å². The fraction of sp³-hybridized carbons (Fsp3) is 0.353. The molecule has 1 heterocycles. The van der Waals surface area contributed by atoms with Gasteiger partial charge in [-0.15, -0.1) is 0 Å². The van der Waals surface area contributed by atoms with Crippen molar-refractivity contribution in [1.29, 1.82) is 0 Å². The molecule has 98 valence electrons. The van der Waals surface area contributed by atoms with E-state index in [0.29, 0.717) is 0 Å². The third-order valence-electron chi connectivity index (χ3n) is 4.18. The molecule has 1 saturated heterocycles. The van der Waals surface area contributed by atoms with E-state index in [4.69, 9.17) is 0 Å². The molecule has 1 atom stereocenters. The highest BCUT2D eigenvalue weighted by molar-refractivity contribution is 6.10. The number of carbonyl (C=O) groups excluding carboxylic acids is 1. The average Bonchev–Trinajstić information content (AvgIpc) is 2.47. The smallest absolute Gasteiger partial charge is 0.170 e. The van der Waals surface area contributed by atoms with Gasteiger partial charge in [-0.3, -0.25) is 4.79 Å². The number of carbonyl (C=O) groups is 1. The molecule has 0 spiro atoms. The Kier molecular flexibility index (Phi) is 3.11. The monoisotopic (exact) mass is 253 g/mol. The number of ketones is 1. The number of Topliss-reactive ketones (excluding diaryl/α,β-unsaturated/α-hetero) is 1. The minimum atomic E-state index is -0.262. The molecule has 0 radical (unpaired) electrons. The summed E-state index contributed by atoms with van der Waals surface area (Å²) in [6.07, 6.45) is 2.05. The second-order valence-electron chi connectivity index (χ2n) is 5.70. The predicted octanol–water partition coefficient (Wildman–Crippen LogP) is 3.41. The Morgan fingerprint density at radius 3 is 2.74 bits per heavy atom. The maximum absolute atomic E-state index is 12.9. The third-order valence-corrected chi connectivity index (χ3v) is 4.18. The lowest BCUT2D eigenvalue weighted by atomic mass is 9.75. The normalized spacial score (nSPS) is 23.4. The Morgan fingerprint density at radius 2 is 1.95 bits per heavy atom. The van der Waals surface area contributed by atoms with Gasteiger partial charge in [-0.1, -0.05) is 49.4 Å². The van der Waals surface area contributed by atoms with Crippen LogP contribution in [0.15, 0.2) is 42.5 Å². The predicted molar refractivity (Wildman–Crippen MR) is 78.5 cm³/mol. The molecule has 2 nitrogen and oxygen atoms in total. The zero-order valence-corrected chi connectivity index (χ0v) is 11.3. The summed E-state index contributed by atoms with van der Waals surface area (Å²) in [6, 6.07) is 14.1. The van der Waals surface area contributed by atoms with E-state index in [0.717, 1.165) is 42.3 Å². The van der Waals surface area contributed by atoms with Gasteiger partial charge in [0.2, 0.25) is 0 Å². The Bertz CT molecular complexity index is 606. The fourth-order valence-corrected chi connectivity index (χ4v) is 3.00. The van der Waals surface area contributed by atoms with Crippen LogP contribution in [-0.4, -0.2) is 18.9 Å². The number of hydrogen-bond acceptors (Lipinski definition) is 2. The Hall–Kier alpha value is -1.67. The van der Waals surface area contributed by atoms with Crippen LogP contribution in [0.4, 0.5) is 0 Å². The van der Waals surface area contributed by atoms with Crippen molar-refractivity contribution in [1.82, 2.24) is 5.32 Å². The van der Waals surface area contributed by atoms with Gasteiger partial charge >= 0.3 is 0 Å². The molecule has 0 aromatic heterocycles. The molecule has 2 aromatic rings. The zero-order valence-electron chi connectivity index (χ0n) is 11.3. The lowest BCUT2D eigenvalue weighted by molar-refractivity contribution is 0.0775.